The molecule has 34 heavy (non-hydrogen) atoms. The highest BCUT2D eigenvalue weighted by atomic mass is 15.4. The van der Waals surface area contributed by atoms with Crippen molar-refractivity contribution in [1.82, 2.24) is 9.80 Å². The molecular formula is C32H64N2. The number of hydrogen-bond acceptors (Lipinski definition) is 2. The number of rotatable bonds is 26. The lowest BCUT2D eigenvalue weighted by Crippen LogP contribution is -2.39. The predicted octanol–water partition coefficient (Wildman–Crippen LogP) is 10.8. The first-order valence-electron chi connectivity index (χ1n) is 16.0. The van der Waals surface area contributed by atoms with Gasteiger partial charge in [0.25, 0.3) is 0 Å². The molecule has 0 saturated carbocycles. The zero-order chi connectivity index (χ0) is 24.5. The molecule has 0 aliphatic carbocycles. The van der Waals surface area contributed by atoms with E-state index in [0.29, 0.717) is 6.17 Å². The maximum atomic E-state index is 2.66. The van der Waals surface area contributed by atoms with Gasteiger partial charge >= 0.3 is 0 Å². The van der Waals surface area contributed by atoms with Crippen LogP contribution in [0.5, 0.6) is 0 Å². The second-order valence-electron chi connectivity index (χ2n) is 11.1. The summed E-state index contributed by atoms with van der Waals surface area (Å²) >= 11 is 0. The van der Waals surface area contributed by atoms with Crippen molar-refractivity contribution < 1.29 is 0 Å². The van der Waals surface area contributed by atoms with Crippen LogP contribution in [0.1, 0.15) is 175 Å². The van der Waals surface area contributed by atoms with Crippen LogP contribution >= 0.6 is 0 Å². The molecular weight excluding hydrogens is 412 g/mol. The molecule has 0 aromatic heterocycles. The molecule has 0 fully saturated rings. The third-order valence-corrected chi connectivity index (χ3v) is 7.78. The molecule has 2 nitrogen and oxygen atoms in total. The first kappa shape index (κ1) is 31.4. The predicted molar refractivity (Wildman–Crippen MR) is 154 cm³/mol. The second kappa shape index (κ2) is 24.1. The van der Waals surface area contributed by atoms with E-state index >= 15 is 0 Å². The summed E-state index contributed by atoms with van der Waals surface area (Å²) in [5.74, 6) is 0. The highest BCUT2D eigenvalue weighted by Crippen LogP contribution is 2.23. The Balaban J connectivity index is 2.01. The Morgan fingerprint density at radius 1 is 0.382 bits per heavy atom. The van der Waals surface area contributed by atoms with Gasteiger partial charge in [-0.1, -0.05) is 149 Å². The Labute approximate surface area is 216 Å². The van der Waals surface area contributed by atoms with Gasteiger partial charge in [-0.15, -0.1) is 0 Å². The summed E-state index contributed by atoms with van der Waals surface area (Å²) in [7, 11) is 0. The maximum Gasteiger partial charge on any atom is 0.101 e. The van der Waals surface area contributed by atoms with Crippen LogP contribution in [0.15, 0.2) is 12.4 Å². The normalized spacial score (nSPS) is 15.7. The summed E-state index contributed by atoms with van der Waals surface area (Å²) in [6.45, 7) is 9.40. The molecule has 0 amide bonds. The van der Waals surface area contributed by atoms with Crippen LogP contribution in [0, 0.1) is 0 Å². The first-order valence-corrected chi connectivity index (χ1v) is 16.0. The lowest BCUT2D eigenvalue weighted by atomic mass is 10.0. The molecule has 1 aliphatic heterocycles. The first-order chi connectivity index (χ1) is 16.8. The topological polar surface area (TPSA) is 6.48 Å². The average molecular weight is 477 g/mol. The van der Waals surface area contributed by atoms with E-state index in [1.54, 1.807) is 0 Å². The van der Waals surface area contributed by atoms with Gasteiger partial charge in [-0.2, -0.15) is 0 Å². The van der Waals surface area contributed by atoms with Gasteiger partial charge in [0.15, 0.2) is 0 Å². The molecule has 0 radical (unpaired) electrons. The fraction of sp³-hybridized carbons (Fsp3) is 0.938. The van der Waals surface area contributed by atoms with Crippen LogP contribution in [0.2, 0.25) is 0 Å². The molecule has 1 rings (SSSR count). The Kier molecular flexibility index (Phi) is 22.2. The molecule has 1 heterocycles. The minimum atomic E-state index is 0.641. The molecule has 0 aromatic rings. The van der Waals surface area contributed by atoms with Gasteiger partial charge in [0.2, 0.25) is 0 Å². The number of nitrogens with zero attached hydrogens (tertiary/aromatic N) is 2. The number of hydrogen-bond donors (Lipinski definition) is 0. The van der Waals surface area contributed by atoms with Crippen molar-refractivity contribution in [2.24, 2.45) is 0 Å². The van der Waals surface area contributed by atoms with Crippen molar-refractivity contribution in [2.45, 2.75) is 181 Å². The third kappa shape index (κ3) is 16.9. The van der Waals surface area contributed by atoms with Gasteiger partial charge in [0, 0.05) is 25.5 Å². The van der Waals surface area contributed by atoms with E-state index in [-0.39, 0.29) is 0 Å². The van der Waals surface area contributed by atoms with Crippen LogP contribution in [0.4, 0.5) is 0 Å². The smallest absolute Gasteiger partial charge is 0.101 e. The third-order valence-electron chi connectivity index (χ3n) is 7.78. The van der Waals surface area contributed by atoms with Crippen LogP contribution in [0.25, 0.3) is 0 Å². The minimum absolute atomic E-state index is 0.641. The van der Waals surface area contributed by atoms with Crippen molar-refractivity contribution in [3.05, 3.63) is 12.4 Å². The summed E-state index contributed by atoms with van der Waals surface area (Å²) in [5.41, 5.74) is 0. The van der Waals surface area contributed by atoms with Gasteiger partial charge in [0.1, 0.15) is 6.17 Å². The maximum absolute atomic E-state index is 2.66. The lowest BCUT2D eigenvalue weighted by molar-refractivity contribution is 0.137. The summed E-state index contributed by atoms with van der Waals surface area (Å²) in [5, 5.41) is 0. The van der Waals surface area contributed by atoms with Crippen molar-refractivity contribution in [1.29, 1.82) is 0 Å². The molecule has 202 valence electrons. The highest BCUT2D eigenvalue weighted by molar-refractivity contribution is 4.96. The van der Waals surface area contributed by atoms with Crippen molar-refractivity contribution in [3.8, 4) is 0 Å². The molecule has 0 spiro atoms. The van der Waals surface area contributed by atoms with E-state index in [2.05, 4.69) is 43.0 Å². The summed E-state index contributed by atoms with van der Waals surface area (Å²) < 4.78 is 0. The minimum Gasteiger partial charge on any atom is -0.356 e. The van der Waals surface area contributed by atoms with Gasteiger partial charge in [-0.25, -0.2) is 0 Å². The fourth-order valence-corrected chi connectivity index (χ4v) is 5.55. The molecule has 0 aromatic carbocycles. The van der Waals surface area contributed by atoms with Crippen molar-refractivity contribution in [2.75, 3.05) is 13.1 Å². The molecule has 0 saturated heterocycles. The van der Waals surface area contributed by atoms with Gasteiger partial charge in [-0.3, -0.25) is 0 Å². The highest BCUT2D eigenvalue weighted by Gasteiger charge is 2.24. The Hall–Kier alpha value is -0.660. The molecule has 1 aliphatic rings. The van der Waals surface area contributed by atoms with E-state index < -0.39 is 0 Å². The van der Waals surface area contributed by atoms with E-state index in [1.165, 1.54) is 167 Å². The van der Waals surface area contributed by atoms with Crippen LogP contribution in [-0.2, 0) is 0 Å². The molecule has 0 bridgehead atoms. The monoisotopic (exact) mass is 477 g/mol. The van der Waals surface area contributed by atoms with Gasteiger partial charge in [0.05, 0.1) is 0 Å². The van der Waals surface area contributed by atoms with E-state index in [4.69, 9.17) is 0 Å². The summed E-state index contributed by atoms with van der Waals surface area (Å²) in [6, 6.07) is 0. The average Bonchev–Trinajstić information content (AvgIpc) is 3.22. The van der Waals surface area contributed by atoms with E-state index in [1.807, 2.05) is 0 Å². The Morgan fingerprint density at radius 3 is 1.15 bits per heavy atom. The Morgan fingerprint density at radius 2 is 0.735 bits per heavy atom. The van der Waals surface area contributed by atoms with Crippen molar-refractivity contribution in [3.63, 3.8) is 0 Å². The summed E-state index contributed by atoms with van der Waals surface area (Å²) in [4.78, 5) is 5.27. The lowest BCUT2D eigenvalue weighted by Gasteiger charge is -2.33. The molecule has 1 unspecified atom stereocenters. The van der Waals surface area contributed by atoms with Crippen LogP contribution < -0.4 is 0 Å². The zero-order valence-corrected chi connectivity index (χ0v) is 24.0. The van der Waals surface area contributed by atoms with E-state index in [0.717, 1.165) is 0 Å². The molecule has 0 N–H and O–H groups in total. The van der Waals surface area contributed by atoms with Crippen LogP contribution in [0.3, 0.4) is 0 Å². The second-order valence-corrected chi connectivity index (χ2v) is 11.1. The van der Waals surface area contributed by atoms with Gasteiger partial charge < -0.3 is 9.80 Å². The van der Waals surface area contributed by atoms with E-state index in [9.17, 15) is 0 Å². The van der Waals surface area contributed by atoms with Gasteiger partial charge in [-0.05, 0) is 25.7 Å². The molecule has 1 atom stereocenters. The van der Waals surface area contributed by atoms with Crippen molar-refractivity contribution >= 4 is 0 Å². The summed E-state index contributed by atoms with van der Waals surface area (Å²) in [6.07, 6.45) is 39.7. The molecule has 2 heteroatoms. The fourth-order valence-electron chi connectivity index (χ4n) is 5.55. The number of unbranched alkanes of at least 4 members (excludes halogenated alkanes) is 20. The largest absolute Gasteiger partial charge is 0.356 e. The standard InChI is InChI=1S/C32H64N2/c1-4-7-9-11-13-14-15-16-17-18-19-20-21-23-25-27-32-33(28-6-3)30-31-34(32)29-26-24-22-12-10-8-5-2/h30-32H,4-29H2,1-3H3. The zero-order valence-electron chi connectivity index (χ0n) is 24.0. The SMILES string of the molecule is CCCCCCCCCCCCCCCCCC1N(CCC)C=CN1CCCCCCCCC. The Bertz CT molecular complexity index is 433. The van der Waals surface area contributed by atoms with Crippen LogP contribution in [-0.4, -0.2) is 29.1 Å². The quantitative estimate of drug-likeness (QED) is 0.114.